The summed E-state index contributed by atoms with van der Waals surface area (Å²) in [6.45, 7) is 3.81. The molecule has 68 valence electrons. The van der Waals surface area contributed by atoms with E-state index in [1.807, 2.05) is 6.08 Å². The van der Waals surface area contributed by atoms with Crippen LogP contribution in [0.1, 0.15) is 39.5 Å². The Morgan fingerprint density at radius 2 is 2.17 bits per heavy atom. The van der Waals surface area contributed by atoms with Crippen molar-refractivity contribution in [3.05, 3.63) is 11.6 Å². The van der Waals surface area contributed by atoms with Gasteiger partial charge < -0.3 is 5.11 Å². The molecule has 1 rings (SSSR count). The van der Waals surface area contributed by atoms with Gasteiger partial charge in [0.1, 0.15) is 0 Å². The predicted molar refractivity (Wildman–Crippen MR) is 48.0 cm³/mol. The SMILES string of the molecule is CCC1(C=C(C)C(=O)O)CCC1. The zero-order chi connectivity index (χ0) is 9.19. The number of aliphatic carboxylic acids is 1. The van der Waals surface area contributed by atoms with Crippen LogP contribution in [0.5, 0.6) is 0 Å². The smallest absolute Gasteiger partial charge is 0.330 e. The molecule has 12 heavy (non-hydrogen) atoms. The number of hydrogen-bond acceptors (Lipinski definition) is 1. The molecule has 2 heteroatoms. The Kier molecular flexibility index (Phi) is 2.55. The maximum atomic E-state index is 10.6. The second-order valence-electron chi connectivity index (χ2n) is 3.70. The van der Waals surface area contributed by atoms with Gasteiger partial charge in [-0.2, -0.15) is 0 Å². The van der Waals surface area contributed by atoms with E-state index < -0.39 is 5.97 Å². The second-order valence-corrected chi connectivity index (χ2v) is 3.70. The minimum atomic E-state index is -0.783. The molecule has 0 bridgehead atoms. The van der Waals surface area contributed by atoms with Gasteiger partial charge in [-0.3, -0.25) is 0 Å². The molecule has 1 aliphatic carbocycles. The summed E-state index contributed by atoms with van der Waals surface area (Å²) in [5.74, 6) is -0.783. The van der Waals surface area contributed by atoms with Gasteiger partial charge in [0.15, 0.2) is 0 Å². The van der Waals surface area contributed by atoms with Crippen molar-refractivity contribution in [1.29, 1.82) is 0 Å². The molecule has 0 heterocycles. The summed E-state index contributed by atoms with van der Waals surface area (Å²) in [6.07, 6.45) is 6.58. The molecule has 0 saturated heterocycles. The molecule has 0 radical (unpaired) electrons. The van der Waals surface area contributed by atoms with Crippen LogP contribution in [0.3, 0.4) is 0 Å². The van der Waals surface area contributed by atoms with Crippen molar-refractivity contribution in [3.8, 4) is 0 Å². The van der Waals surface area contributed by atoms with Crippen molar-refractivity contribution < 1.29 is 9.90 Å². The summed E-state index contributed by atoms with van der Waals surface area (Å²) >= 11 is 0. The van der Waals surface area contributed by atoms with Gasteiger partial charge in [-0.15, -0.1) is 0 Å². The van der Waals surface area contributed by atoms with E-state index in [4.69, 9.17) is 5.11 Å². The third-order valence-electron chi connectivity index (χ3n) is 2.91. The molecule has 0 aromatic heterocycles. The summed E-state index contributed by atoms with van der Waals surface area (Å²) in [7, 11) is 0. The van der Waals surface area contributed by atoms with Crippen LogP contribution < -0.4 is 0 Å². The summed E-state index contributed by atoms with van der Waals surface area (Å²) in [5, 5.41) is 8.69. The highest BCUT2D eigenvalue weighted by atomic mass is 16.4. The average molecular weight is 168 g/mol. The van der Waals surface area contributed by atoms with Gasteiger partial charge in [0, 0.05) is 5.57 Å². The molecule has 1 N–H and O–H groups in total. The number of carbonyl (C=O) groups is 1. The molecule has 0 aromatic carbocycles. The van der Waals surface area contributed by atoms with Gasteiger partial charge in [-0.05, 0) is 31.6 Å². The Morgan fingerprint density at radius 3 is 2.42 bits per heavy atom. The van der Waals surface area contributed by atoms with Crippen LogP contribution in [0.25, 0.3) is 0 Å². The highest BCUT2D eigenvalue weighted by Crippen LogP contribution is 2.45. The summed E-state index contributed by atoms with van der Waals surface area (Å²) in [5.41, 5.74) is 0.721. The molecule has 0 aliphatic heterocycles. The average Bonchev–Trinajstić information content (AvgIpc) is 1.96. The summed E-state index contributed by atoms with van der Waals surface area (Å²) in [6, 6.07) is 0. The lowest BCUT2D eigenvalue weighted by Crippen LogP contribution is -2.26. The Hall–Kier alpha value is -0.790. The number of rotatable bonds is 3. The maximum absolute atomic E-state index is 10.6. The van der Waals surface area contributed by atoms with Crippen molar-refractivity contribution in [2.24, 2.45) is 5.41 Å². The molecule has 1 aliphatic rings. The molecular weight excluding hydrogens is 152 g/mol. The predicted octanol–water partition coefficient (Wildman–Crippen LogP) is 2.60. The van der Waals surface area contributed by atoms with Crippen LogP contribution >= 0.6 is 0 Å². The summed E-state index contributed by atoms with van der Waals surface area (Å²) < 4.78 is 0. The van der Waals surface area contributed by atoms with Crippen LogP contribution in [0.2, 0.25) is 0 Å². The Labute approximate surface area is 73.3 Å². The van der Waals surface area contributed by atoms with E-state index in [-0.39, 0.29) is 5.41 Å². The Bertz CT molecular complexity index is 206. The van der Waals surface area contributed by atoms with E-state index in [0.29, 0.717) is 5.57 Å². The molecule has 0 amide bonds. The first-order valence-corrected chi connectivity index (χ1v) is 4.52. The fraction of sp³-hybridized carbons (Fsp3) is 0.700. The van der Waals surface area contributed by atoms with Gasteiger partial charge >= 0.3 is 5.97 Å². The normalized spacial score (nSPS) is 21.7. The minimum absolute atomic E-state index is 0.225. The Balaban J connectivity index is 2.69. The number of carboxylic acid groups (broad SMARTS) is 1. The van der Waals surface area contributed by atoms with E-state index in [0.717, 1.165) is 19.3 Å². The van der Waals surface area contributed by atoms with Crippen molar-refractivity contribution in [1.82, 2.24) is 0 Å². The van der Waals surface area contributed by atoms with Gasteiger partial charge in [0.2, 0.25) is 0 Å². The molecular formula is C10H16O2. The van der Waals surface area contributed by atoms with Gasteiger partial charge in [-0.1, -0.05) is 19.4 Å². The fourth-order valence-corrected chi connectivity index (χ4v) is 1.75. The lowest BCUT2D eigenvalue weighted by Gasteiger charge is -2.38. The lowest BCUT2D eigenvalue weighted by atomic mass is 9.66. The van der Waals surface area contributed by atoms with Crippen LogP contribution in [-0.2, 0) is 4.79 Å². The molecule has 0 unspecified atom stereocenters. The largest absolute Gasteiger partial charge is 0.478 e. The highest BCUT2D eigenvalue weighted by Gasteiger charge is 2.33. The van der Waals surface area contributed by atoms with Crippen molar-refractivity contribution in [3.63, 3.8) is 0 Å². The highest BCUT2D eigenvalue weighted by molar-refractivity contribution is 5.85. The minimum Gasteiger partial charge on any atom is -0.478 e. The van der Waals surface area contributed by atoms with Gasteiger partial charge in [0.05, 0.1) is 0 Å². The molecule has 1 fully saturated rings. The first kappa shape index (κ1) is 9.30. The first-order valence-electron chi connectivity index (χ1n) is 4.52. The van der Waals surface area contributed by atoms with E-state index >= 15 is 0 Å². The third kappa shape index (κ3) is 1.68. The second kappa shape index (κ2) is 3.30. The lowest BCUT2D eigenvalue weighted by molar-refractivity contribution is -0.132. The monoisotopic (exact) mass is 168 g/mol. The van der Waals surface area contributed by atoms with Crippen LogP contribution in [0.15, 0.2) is 11.6 Å². The van der Waals surface area contributed by atoms with E-state index in [2.05, 4.69) is 6.92 Å². The zero-order valence-electron chi connectivity index (χ0n) is 7.76. The molecule has 2 nitrogen and oxygen atoms in total. The van der Waals surface area contributed by atoms with Gasteiger partial charge in [0.25, 0.3) is 0 Å². The van der Waals surface area contributed by atoms with Crippen LogP contribution in [0.4, 0.5) is 0 Å². The number of carboxylic acids is 1. The van der Waals surface area contributed by atoms with Crippen LogP contribution in [0, 0.1) is 5.41 Å². The molecule has 0 atom stereocenters. The van der Waals surface area contributed by atoms with E-state index in [1.165, 1.54) is 6.42 Å². The topological polar surface area (TPSA) is 37.3 Å². The molecule has 0 spiro atoms. The van der Waals surface area contributed by atoms with Crippen molar-refractivity contribution in [2.75, 3.05) is 0 Å². The standard InChI is InChI=1S/C10H16O2/c1-3-10(5-4-6-10)7-8(2)9(11)12/h7H,3-6H2,1-2H3,(H,11,12). The van der Waals surface area contributed by atoms with E-state index in [9.17, 15) is 4.79 Å². The van der Waals surface area contributed by atoms with E-state index in [1.54, 1.807) is 6.92 Å². The quantitative estimate of drug-likeness (QED) is 0.658. The Morgan fingerprint density at radius 1 is 1.58 bits per heavy atom. The fourth-order valence-electron chi connectivity index (χ4n) is 1.75. The van der Waals surface area contributed by atoms with Crippen molar-refractivity contribution >= 4 is 5.97 Å². The summed E-state index contributed by atoms with van der Waals surface area (Å²) in [4.78, 5) is 10.6. The zero-order valence-corrected chi connectivity index (χ0v) is 7.76. The molecule has 0 aromatic rings. The number of allylic oxidation sites excluding steroid dienone is 1. The van der Waals surface area contributed by atoms with Crippen LogP contribution in [-0.4, -0.2) is 11.1 Å². The van der Waals surface area contributed by atoms with Gasteiger partial charge in [-0.25, -0.2) is 4.79 Å². The number of hydrogen-bond donors (Lipinski definition) is 1. The maximum Gasteiger partial charge on any atom is 0.330 e. The third-order valence-corrected chi connectivity index (χ3v) is 2.91. The van der Waals surface area contributed by atoms with Crippen molar-refractivity contribution in [2.45, 2.75) is 39.5 Å². The molecule has 1 saturated carbocycles. The first-order chi connectivity index (χ1) is 5.59.